The first kappa shape index (κ1) is 20.4. The van der Waals surface area contributed by atoms with Gasteiger partial charge >= 0.3 is 5.97 Å². The van der Waals surface area contributed by atoms with Crippen molar-refractivity contribution in [1.29, 1.82) is 0 Å². The quantitative estimate of drug-likeness (QED) is 0.699. The Kier molecular flexibility index (Phi) is 6.43. The van der Waals surface area contributed by atoms with Crippen LogP contribution >= 0.6 is 11.6 Å². The molecule has 0 aromatic heterocycles. The molecule has 2 N–H and O–H groups in total. The van der Waals surface area contributed by atoms with E-state index < -0.39 is 16.0 Å². The third-order valence-electron chi connectivity index (χ3n) is 4.26. The third-order valence-corrected chi connectivity index (χ3v) is 5.89. The lowest BCUT2D eigenvalue weighted by molar-refractivity contribution is -0.0116. The van der Waals surface area contributed by atoms with Crippen LogP contribution in [0.1, 0.15) is 29.6 Å². The van der Waals surface area contributed by atoms with E-state index in [1.165, 1.54) is 36.4 Å². The molecule has 3 rings (SSSR count). The summed E-state index contributed by atoms with van der Waals surface area (Å²) >= 11 is 5.99. The Morgan fingerprint density at radius 1 is 1.25 bits per heavy atom. The van der Waals surface area contributed by atoms with Gasteiger partial charge in [-0.1, -0.05) is 17.7 Å². The molecule has 1 aliphatic rings. The highest BCUT2D eigenvalue weighted by molar-refractivity contribution is 7.92. The highest BCUT2D eigenvalue weighted by atomic mass is 35.5. The van der Waals surface area contributed by atoms with Crippen molar-refractivity contribution in [3.05, 3.63) is 53.1 Å². The summed E-state index contributed by atoms with van der Waals surface area (Å²) in [5.74, 6) is -0.999. The standard InChI is InChI=1S/C19H20ClNO6S/c20-14-7-8-17(27-12-16-6-1-2-9-26-16)18(11-14)28(24,25)21-15-5-3-4-13(10-15)19(22)23/h3-5,7-8,10-11,16,21H,1-2,6,9,12H2,(H,22,23). The summed E-state index contributed by atoms with van der Waals surface area (Å²) in [5, 5.41) is 9.31. The van der Waals surface area contributed by atoms with E-state index in [-0.39, 0.29) is 39.6 Å². The predicted molar refractivity (Wildman–Crippen MR) is 105 cm³/mol. The van der Waals surface area contributed by atoms with E-state index >= 15 is 0 Å². The SMILES string of the molecule is O=C(O)c1cccc(NS(=O)(=O)c2cc(Cl)ccc2OCC2CCCCO2)c1. The molecule has 150 valence electrons. The Morgan fingerprint density at radius 2 is 2.07 bits per heavy atom. The van der Waals surface area contributed by atoms with Gasteiger partial charge in [0.25, 0.3) is 10.0 Å². The number of anilines is 1. The smallest absolute Gasteiger partial charge is 0.335 e. The molecule has 7 nitrogen and oxygen atoms in total. The topological polar surface area (TPSA) is 102 Å². The minimum Gasteiger partial charge on any atom is -0.489 e. The molecule has 2 aromatic carbocycles. The third kappa shape index (κ3) is 5.15. The number of rotatable bonds is 7. The van der Waals surface area contributed by atoms with Crippen LogP contribution in [-0.2, 0) is 14.8 Å². The van der Waals surface area contributed by atoms with E-state index in [4.69, 9.17) is 26.2 Å². The number of nitrogens with one attached hydrogen (secondary N) is 1. The Balaban J connectivity index is 1.83. The maximum absolute atomic E-state index is 12.9. The van der Waals surface area contributed by atoms with Gasteiger partial charge in [0, 0.05) is 17.3 Å². The number of sulfonamides is 1. The zero-order valence-electron chi connectivity index (χ0n) is 14.9. The van der Waals surface area contributed by atoms with E-state index in [1.54, 1.807) is 6.07 Å². The molecule has 0 spiro atoms. The van der Waals surface area contributed by atoms with Crippen LogP contribution in [0.25, 0.3) is 0 Å². The van der Waals surface area contributed by atoms with E-state index in [0.29, 0.717) is 6.61 Å². The number of carboxylic acid groups (broad SMARTS) is 1. The lowest BCUT2D eigenvalue weighted by Crippen LogP contribution is -2.26. The fourth-order valence-corrected chi connectivity index (χ4v) is 4.32. The van der Waals surface area contributed by atoms with Gasteiger partial charge in [-0.05, 0) is 55.7 Å². The number of benzene rings is 2. The first-order valence-electron chi connectivity index (χ1n) is 8.75. The van der Waals surface area contributed by atoms with Crippen LogP contribution in [-0.4, -0.2) is 38.8 Å². The molecule has 0 aliphatic carbocycles. The predicted octanol–water partition coefficient (Wildman–Crippen LogP) is 3.79. The first-order valence-corrected chi connectivity index (χ1v) is 10.6. The number of ether oxygens (including phenoxy) is 2. The van der Waals surface area contributed by atoms with Crippen molar-refractivity contribution in [1.82, 2.24) is 0 Å². The van der Waals surface area contributed by atoms with Crippen molar-refractivity contribution in [3.8, 4) is 5.75 Å². The van der Waals surface area contributed by atoms with E-state index in [9.17, 15) is 13.2 Å². The second kappa shape index (κ2) is 8.81. The second-order valence-corrected chi connectivity index (χ2v) is 8.47. The van der Waals surface area contributed by atoms with Crippen molar-refractivity contribution in [2.45, 2.75) is 30.3 Å². The summed E-state index contributed by atoms with van der Waals surface area (Å²) in [6, 6.07) is 9.86. The normalized spacial score (nSPS) is 17.1. The summed E-state index contributed by atoms with van der Waals surface area (Å²) in [6.45, 7) is 0.903. The Morgan fingerprint density at radius 3 is 2.79 bits per heavy atom. The Labute approximate surface area is 168 Å². The molecule has 2 aromatic rings. The molecule has 1 atom stereocenters. The zero-order chi connectivity index (χ0) is 20.1. The highest BCUT2D eigenvalue weighted by Gasteiger charge is 2.23. The molecule has 1 saturated heterocycles. The zero-order valence-corrected chi connectivity index (χ0v) is 16.5. The van der Waals surface area contributed by atoms with Crippen molar-refractivity contribution in [2.75, 3.05) is 17.9 Å². The van der Waals surface area contributed by atoms with Gasteiger partial charge < -0.3 is 14.6 Å². The van der Waals surface area contributed by atoms with Gasteiger partial charge in [-0.2, -0.15) is 0 Å². The van der Waals surface area contributed by atoms with Crippen LogP contribution in [0.4, 0.5) is 5.69 Å². The van der Waals surface area contributed by atoms with Crippen LogP contribution in [0.2, 0.25) is 5.02 Å². The summed E-state index contributed by atoms with van der Waals surface area (Å²) in [7, 11) is -4.06. The summed E-state index contributed by atoms with van der Waals surface area (Å²) < 4.78 is 39.5. The first-order chi connectivity index (χ1) is 13.3. The van der Waals surface area contributed by atoms with E-state index in [2.05, 4.69) is 4.72 Å². The number of halogens is 1. The molecule has 0 amide bonds. The lowest BCUT2D eigenvalue weighted by Gasteiger charge is -2.23. The van der Waals surface area contributed by atoms with Crippen LogP contribution in [0.15, 0.2) is 47.4 Å². The van der Waals surface area contributed by atoms with Gasteiger partial charge in [0.1, 0.15) is 17.3 Å². The van der Waals surface area contributed by atoms with Crippen LogP contribution in [0.5, 0.6) is 5.75 Å². The van der Waals surface area contributed by atoms with Gasteiger partial charge in [-0.3, -0.25) is 4.72 Å². The molecule has 0 saturated carbocycles. The molecule has 0 bridgehead atoms. The van der Waals surface area contributed by atoms with Crippen LogP contribution in [0.3, 0.4) is 0 Å². The van der Waals surface area contributed by atoms with Crippen molar-refractivity contribution in [2.24, 2.45) is 0 Å². The number of carboxylic acids is 1. The van der Waals surface area contributed by atoms with Crippen LogP contribution in [0, 0.1) is 0 Å². The summed E-state index contributed by atoms with van der Waals surface area (Å²) in [4.78, 5) is 11.0. The number of aromatic carboxylic acids is 1. The summed E-state index contributed by atoms with van der Waals surface area (Å²) in [6.07, 6.45) is 2.83. The Bertz CT molecular complexity index is 957. The van der Waals surface area contributed by atoms with Gasteiger partial charge in [0.05, 0.1) is 11.7 Å². The average Bonchev–Trinajstić information content (AvgIpc) is 2.67. The van der Waals surface area contributed by atoms with E-state index in [1.807, 2.05) is 0 Å². The number of carbonyl (C=O) groups is 1. The molecule has 1 heterocycles. The molecule has 28 heavy (non-hydrogen) atoms. The minimum atomic E-state index is -4.06. The molecule has 1 aliphatic heterocycles. The van der Waals surface area contributed by atoms with Crippen molar-refractivity contribution < 1.29 is 27.8 Å². The fourth-order valence-electron chi connectivity index (χ4n) is 2.86. The molecular formula is C19H20ClNO6S. The fraction of sp³-hybridized carbons (Fsp3) is 0.316. The molecule has 0 radical (unpaired) electrons. The van der Waals surface area contributed by atoms with Gasteiger partial charge in [-0.25, -0.2) is 13.2 Å². The maximum Gasteiger partial charge on any atom is 0.335 e. The molecular weight excluding hydrogens is 406 g/mol. The Hall–Kier alpha value is -2.29. The van der Waals surface area contributed by atoms with Crippen molar-refractivity contribution in [3.63, 3.8) is 0 Å². The van der Waals surface area contributed by atoms with Crippen molar-refractivity contribution >= 4 is 33.3 Å². The van der Waals surface area contributed by atoms with Gasteiger partial charge in [-0.15, -0.1) is 0 Å². The minimum absolute atomic E-state index is 0.0304. The molecule has 9 heteroatoms. The average molecular weight is 426 g/mol. The number of hydrogen-bond acceptors (Lipinski definition) is 5. The van der Waals surface area contributed by atoms with E-state index in [0.717, 1.165) is 19.3 Å². The largest absolute Gasteiger partial charge is 0.489 e. The summed E-state index contributed by atoms with van der Waals surface area (Å²) in [5.41, 5.74) is 0.0960. The van der Waals surface area contributed by atoms with Crippen LogP contribution < -0.4 is 9.46 Å². The monoisotopic (exact) mass is 425 g/mol. The maximum atomic E-state index is 12.9. The molecule has 1 fully saturated rings. The second-order valence-electron chi connectivity index (χ2n) is 6.38. The molecule has 1 unspecified atom stereocenters. The van der Waals surface area contributed by atoms with Gasteiger partial charge in [0.15, 0.2) is 0 Å². The highest BCUT2D eigenvalue weighted by Crippen LogP contribution is 2.30. The number of hydrogen-bond donors (Lipinski definition) is 2. The van der Waals surface area contributed by atoms with Gasteiger partial charge in [0.2, 0.25) is 0 Å². The lowest BCUT2D eigenvalue weighted by atomic mass is 10.1.